The molecule has 0 spiro atoms. The number of carbonyl (C=O) groups is 1. The minimum absolute atomic E-state index is 0.154. The number of aryl methyl sites for hydroxylation is 1. The van der Waals surface area contributed by atoms with Gasteiger partial charge in [-0.3, -0.25) is 4.79 Å². The lowest BCUT2D eigenvalue weighted by Crippen LogP contribution is -2.02. The smallest absolute Gasteiger partial charge is 0.167 e. The molecule has 0 unspecified atom stereocenters. The third-order valence-corrected chi connectivity index (χ3v) is 2.51. The van der Waals surface area contributed by atoms with E-state index in [9.17, 15) is 4.79 Å². The fraction of sp³-hybridized carbons (Fsp3) is 0.250. The summed E-state index contributed by atoms with van der Waals surface area (Å²) < 4.78 is 5.43. The van der Waals surface area contributed by atoms with Gasteiger partial charge in [-0.25, -0.2) is 0 Å². The van der Waals surface area contributed by atoms with Crippen LogP contribution >= 0.6 is 11.6 Å². The maximum atomic E-state index is 11.6. The highest BCUT2D eigenvalue weighted by Gasteiger charge is 2.23. The summed E-state index contributed by atoms with van der Waals surface area (Å²) in [6.45, 7) is 3.78. The summed E-state index contributed by atoms with van der Waals surface area (Å²) in [6.07, 6.45) is 1.39. The molecular weight excluding hydrogens is 212 g/mol. The highest BCUT2D eigenvalue weighted by molar-refractivity contribution is 6.29. The molecular formula is C12H11ClO2. The summed E-state index contributed by atoms with van der Waals surface area (Å²) in [6, 6.07) is 5.65. The molecule has 1 aliphatic carbocycles. The second-order valence-electron chi connectivity index (χ2n) is 3.52. The Balaban J connectivity index is 2.28. The van der Waals surface area contributed by atoms with Crippen molar-refractivity contribution in [3.8, 4) is 5.75 Å². The molecule has 78 valence electrons. The largest absolute Gasteiger partial charge is 0.487 e. The third-order valence-electron chi connectivity index (χ3n) is 2.40. The van der Waals surface area contributed by atoms with E-state index >= 15 is 0 Å². The van der Waals surface area contributed by atoms with E-state index in [4.69, 9.17) is 16.3 Å². The molecule has 0 atom stereocenters. The van der Waals surface area contributed by atoms with Crippen LogP contribution in [0.4, 0.5) is 0 Å². The van der Waals surface area contributed by atoms with Gasteiger partial charge in [0, 0.05) is 11.5 Å². The Morgan fingerprint density at radius 3 is 3.00 bits per heavy atom. The molecule has 0 amide bonds. The topological polar surface area (TPSA) is 26.3 Å². The second kappa shape index (κ2) is 4.07. The van der Waals surface area contributed by atoms with E-state index in [-0.39, 0.29) is 12.4 Å². The number of benzene rings is 1. The molecule has 0 saturated carbocycles. The Hall–Kier alpha value is -1.28. The van der Waals surface area contributed by atoms with Crippen molar-refractivity contribution >= 4 is 17.4 Å². The van der Waals surface area contributed by atoms with Crippen LogP contribution in [0.1, 0.15) is 22.3 Å². The molecule has 0 radical (unpaired) electrons. The molecule has 2 rings (SSSR count). The van der Waals surface area contributed by atoms with Crippen LogP contribution in [0.5, 0.6) is 5.75 Å². The molecule has 1 aromatic carbocycles. The number of ketones is 1. The summed E-state index contributed by atoms with van der Waals surface area (Å²) in [4.78, 5) is 11.6. The lowest BCUT2D eigenvalue weighted by molar-refractivity contribution is 0.0991. The first kappa shape index (κ1) is 10.2. The van der Waals surface area contributed by atoms with Crippen molar-refractivity contribution < 1.29 is 9.53 Å². The van der Waals surface area contributed by atoms with E-state index in [1.165, 1.54) is 0 Å². The Morgan fingerprint density at radius 2 is 2.27 bits per heavy atom. The van der Waals surface area contributed by atoms with E-state index in [1.54, 1.807) is 6.07 Å². The van der Waals surface area contributed by atoms with E-state index < -0.39 is 0 Å². The van der Waals surface area contributed by atoms with Gasteiger partial charge in [-0.1, -0.05) is 30.3 Å². The van der Waals surface area contributed by atoms with Gasteiger partial charge in [-0.05, 0) is 18.1 Å². The molecule has 0 N–H and O–H groups in total. The van der Waals surface area contributed by atoms with Gasteiger partial charge in [0.1, 0.15) is 12.4 Å². The first-order valence-electron chi connectivity index (χ1n) is 4.79. The predicted molar refractivity (Wildman–Crippen MR) is 59.6 cm³/mol. The van der Waals surface area contributed by atoms with E-state index in [0.29, 0.717) is 17.2 Å². The lowest BCUT2D eigenvalue weighted by Gasteiger charge is -2.08. The first-order chi connectivity index (χ1) is 7.18. The van der Waals surface area contributed by atoms with Crippen molar-refractivity contribution in [2.24, 2.45) is 0 Å². The number of carbonyl (C=O) groups excluding carboxylic acids is 1. The third kappa shape index (κ3) is 2.05. The number of hydrogen-bond donors (Lipinski definition) is 0. The van der Waals surface area contributed by atoms with Gasteiger partial charge in [0.15, 0.2) is 5.78 Å². The summed E-state index contributed by atoms with van der Waals surface area (Å²) in [7, 11) is 0. The van der Waals surface area contributed by atoms with Crippen LogP contribution in [0, 0.1) is 0 Å². The molecule has 15 heavy (non-hydrogen) atoms. The van der Waals surface area contributed by atoms with Gasteiger partial charge in [-0.15, -0.1) is 0 Å². The van der Waals surface area contributed by atoms with Crippen molar-refractivity contribution in [3.63, 3.8) is 0 Å². The molecule has 1 aromatic rings. The Kier molecular flexibility index (Phi) is 2.78. The molecule has 3 heteroatoms. The number of Topliss-reactive ketones (excluding diaryl/α,β-unsaturated/α-hetero) is 1. The summed E-state index contributed by atoms with van der Waals surface area (Å²) in [5.41, 5.74) is 1.79. The summed E-state index contributed by atoms with van der Waals surface area (Å²) in [5.74, 6) is 0.776. The highest BCUT2D eigenvalue weighted by Crippen LogP contribution is 2.30. The highest BCUT2D eigenvalue weighted by atomic mass is 35.5. The normalized spacial score (nSPS) is 13.8. The molecule has 2 nitrogen and oxygen atoms in total. The van der Waals surface area contributed by atoms with Crippen LogP contribution in [0.25, 0.3) is 0 Å². The number of fused-ring (bicyclic) bond motifs is 1. The first-order valence-corrected chi connectivity index (χ1v) is 5.17. The zero-order valence-electron chi connectivity index (χ0n) is 8.25. The van der Waals surface area contributed by atoms with Crippen molar-refractivity contribution in [2.75, 3.05) is 6.61 Å². The average molecular weight is 223 g/mol. The quantitative estimate of drug-likeness (QED) is 0.786. The summed E-state index contributed by atoms with van der Waals surface area (Å²) >= 11 is 5.61. The lowest BCUT2D eigenvalue weighted by atomic mass is 10.1. The van der Waals surface area contributed by atoms with Gasteiger partial charge < -0.3 is 4.74 Å². The van der Waals surface area contributed by atoms with Gasteiger partial charge >= 0.3 is 0 Å². The fourth-order valence-corrected chi connectivity index (χ4v) is 1.81. The van der Waals surface area contributed by atoms with Gasteiger partial charge in [0.25, 0.3) is 0 Å². The van der Waals surface area contributed by atoms with E-state index in [1.807, 2.05) is 12.1 Å². The van der Waals surface area contributed by atoms with Crippen LogP contribution in [-0.4, -0.2) is 12.4 Å². The number of hydrogen-bond acceptors (Lipinski definition) is 2. The molecule has 0 heterocycles. The van der Waals surface area contributed by atoms with Crippen LogP contribution in [0.3, 0.4) is 0 Å². The van der Waals surface area contributed by atoms with Gasteiger partial charge in [0.05, 0.1) is 5.56 Å². The standard InChI is InChI=1S/C12H11ClO2/c1-8(13)7-15-11-4-2-3-9-5-6-10(14)12(9)11/h2-4H,1,5-7H2. The average Bonchev–Trinajstić information content (AvgIpc) is 2.58. The predicted octanol–water partition coefficient (Wildman–Crippen LogP) is 2.95. The second-order valence-corrected chi connectivity index (χ2v) is 4.05. The maximum absolute atomic E-state index is 11.6. The Labute approximate surface area is 93.5 Å². The van der Waals surface area contributed by atoms with Gasteiger partial charge in [-0.2, -0.15) is 0 Å². The Bertz CT molecular complexity index is 424. The fourth-order valence-electron chi connectivity index (χ4n) is 1.75. The van der Waals surface area contributed by atoms with E-state index in [2.05, 4.69) is 6.58 Å². The number of rotatable bonds is 3. The Morgan fingerprint density at radius 1 is 1.47 bits per heavy atom. The number of ether oxygens (including phenoxy) is 1. The van der Waals surface area contributed by atoms with E-state index in [0.717, 1.165) is 17.5 Å². The minimum atomic E-state index is 0.154. The van der Waals surface area contributed by atoms with Gasteiger partial charge in [0.2, 0.25) is 0 Å². The van der Waals surface area contributed by atoms with Crippen LogP contribution in [-0.2, 0) is 6.42 Å². The number of halogens is 1. The maximum Gasteiger partial charge on any atom is 0.167 e. The zero-order chi connectivity index (χ0) is 10.8. The van der Waals surface area contributed by atoms with Crippen LogP contribution < -0.4 is 4.74 Å². The molecule has 0 saturated heterocycles. The van der Waals surface area contributed by atoms with Crippen LogP contribution in [0.15, 0.2) is 29.8 Å². The van der Waals surface area contributed by atoms with Crippen molar-refractivity contribution in [1.29, 1.82) is 0 Å². The molecule has 0 aromatic heterocycles. The van der Waals surface area contributed by atoms with Crippen molar-refractivity contribution in [2.45, 2.75) is 12.8 Å². The van der Waals surface area contributed by atoms with Crippen molar-refractivity contribution in [1.82, 2.24) is 0 Å². The monoisotopic (exact) mass is 222 g/mol. The molecule has 0 fully saturated rings. The minimum Gasteiger partial charge on any atom is -0.487 e. The molecule has 1 aliphatic rings. The molecule has 0 bridgehead atoms. The summed E-state index contributed by atoms with van der Waals surface area (Å²) in [5, 5.41) is 0.429. The molecule has 0 aliphatic heterocycles. The SMILES string of the molecule is C=C(Cl)COc1cccc2c1C(=O)CC2. The zero-order valence-corrected chi connectivity index (χ0v) is 9.01. The van der Waals surface area contributed by atoms with Crippen LogP contribution in [0.2, 0.25) is 0 Å². The van der Waals surface area contributed by atoms with Crippen molar-refractivity contribution in [3.05, 3.63) is 40.9 Å².